The Morgan fingerprint density at radius 2 is 0.633 bits per heavy atom. The largest absolute Gasteiger partial charge is 0.573 e. The van der Waals surface area contributed by atoms with Gasteiger partial charge in [0.2, 0.25) is 0 Å². The zero-order valence-corrected chi connectivity index (χ0v) is 56.0. The van der Waals surface area contributed by atoms with Gasteiger partial charge in [-0.3, -0.25) is 0 Å². The van der Waals surface area contributed by atoms with E-state index in [1.165, 1.54) is 36.4 Å². The highest BCUT2D eigenvalue weighted by Gasteiger charge is 2.37. The summed E-state index contributed by atoms with van der Waals surface area (Å²) in [4.78, 5) is 0. The van der Waals surface area contributed by atoms with E-state index in [-0.39, 0.29) is 58.1 Å². The van der Waals surface area contributed by atoms with E-state index < -0.39 is 121 Å². The lowest BCUT2D eigenvalue weighted by Gasteiger charge is -2.15. The molecule has 6 rings (SSSR count). The van der Waals surface area contributed by atoms with Crippen LogP contribution in [0.2, 0.25) is 0 Å². The van der Waals surface area contributed by atoms with Crippen LogP contribution in [-0.4, -0.2) is 38.8 Å². The van der Waals surface area contributed by atoms with Crippen LogP contribution in [0.4, 0.5) is 119 Å². The molecule has 0 N–H and O–H groups in total. The van der Waals surface area contributed by atoms with E-state index in [4.69, 9.17) is 0 Å². The van der Waals surface area contributed by atoms with Crippen molar-refractivity contribution in [1.29, 1.82) is 0 Å². The van der Waals surface area contributed by atoms with Crippen molar-refractivity contribution < 1.29 is 137 Å². The molecule has 0 heterocycles. The maximum absolute atomic E-state index is 12.6. The molecule has 0 aliphatic rings. The lowest BCUT2D eigenvalue weighted by atomic mass is 9.97. The van der Waals surface area contributed by atoms with Crippen LogP contribution in [0.5, 0.6) is 23.0 Å². The highest BCUT2D eigenvalue weighted by atomic mass is 127. The first kappa shape index (κ1) is 89.4. The van der Waals surface area contributed by atoms with E-state index in [1.54, 1.807) is 73.6 Å². The third kappa shape index (κ3) is 34.9. The van der Waals surface area contributed by atoms with E-state index in [0.717, 1.165) is 53.6 Å². The standard InChI is InChI=1S/C12H12F6O.C12H13F5O.C11H11F5O.C11H11F5.C10H10F3I.C10H11F3O/c1-7(2)8-3-9(12(16,17)18)5-10(4-8)19-6-11(13,14)15;1-7(2)8-3-9(12(15,16)17)5-10(4-8)18-6-11(13)14;1-6(2)7-3-8(11(14,15)16)5-9(4-7)17-10(12)13;1-6(2)7-3-8(10(12)13)5-9(4-7)11(14,15)16;1-6(2)7-3-8(10(11,12)13)5-9(14)4-7;1-7(2)8-4-3-5-9(6-8)14-10(11,12)13/h3-5,7H,6H2,1-2H3;3-5,7,11H,6H2,1-2H3;3-6,10H,1-2H3;3-6,10H,1-2H3;3-6H,1-2H3;3-7H,1-2H3. The molecule has 0 atom stereocenters. The Labute approximate surface area is 561 Å². The van der Waals surface area contributed by atoms with Gasteiger partial charge in [-0.2, -0.15) is 87.8 Å². The van der Waals surface area contributed by atoms with Crippen LogP contribution in [0.15, 0.2) is 115 Å². The summed E-state index contributed by atoms with van der Waals surface area (Å²) in [5, 5.41) is 0. The quantitative estimate of drug-likeness (QED) is 0.0758. The molecule has 0 bridgehead atoms. The number of hydrogen-bond acceptors (Lipinski definition) is 4. The van der Waals surface area contributed by atoms with Gasteiger partial charge in [0, 0.05) is 9.13 Å². The highest BCUT2D eigenvalue weighted by Crippen LogP contribution is 2.40. The lowest BCUT2D eigenvalue weighted by molar-refractivity contribution is -0.274. The minimum atomic E-state index is -4.62. The molecule has 32 heteroatoms. The predicted octanol–water partition coefficient (Wildman–Crippen LogP) is 26.6. The molecule has 0 spiro atoms. The number of ether oxygens (including phenoxy) is 4. The van der Waals surface area contributed by atoms with Gasteiger partial charge in [0.1, 0.15) is 29.6 Å². The first-order chi connectivity index (χ1) is 44.3. The van der Waals surface area contributed by atoms with Crippen LogP contribution in [0.1, 0.15) is 192 Å². The third-order valence-corrected chi connectivity index (χ3v) is 13.3. The molecule has 6 aromatic rings. The zero-order valence-electron chi connectivity index (χ0n) is 53.8. The van der Waals surface area contributed by atoms with Gasteiger partial charge in [0.25, 0.3) is 12.9 Å². The second-order valence-electron chi connectivity index (χ2n) is 22.9. The van der Waals surface area contributed by atoms with E-state index in [9.17, 15) is 119 Å². The molecule has 0 aromatic heterocycles. The Balaban J connectivity index is 0.000000590. The summed E-state index contributed by atoms with van der Waals surface area (Å²) in [6.07, 6.45) is -37.4. The van der Waals surface area contributed by atoms with Crippen molar-refractivity contribution in [2.45, 2.75) is 181 Å². The topological polar surface area (TPSA) is 36.9 Å². The van der Waals surface area contributed by atoms with Crippen molar-refractivity contribution in [3.05, 3.63) is 186 Å². The van der Waals surface area contributed by atoms with Gasteiger partial charge in [0.15, 0.2) is 6.61 Å². The Morgan fingerprint density at radius 3 is 0.959 bits per heavy atom. The van der Waals surface area contributed by atoms with Crippen LogP contribution in [0, 0.1) is 3.57 Å². The fourth-order valence-electron chi connectivity index (χ4n) is 7.50. The molecule has 0 saturated carbocycles. The second kappa shape index (κ2) is 37.7. The summed E-state index contributed by atoms with van der Waals surface area (Å²) in [7, 11) is 0. The third-order valence-electron chi connectivity index (χ3n) is 12.7. The van der Waals surface area contributed by atoms with Crippen LogP contribution >= 0.6 is 22.6 Å². The first-order valence-corrected chi connectivity index (χ1v) is 29.8. The molecule has 0 radical (unpaired) electrons. The highest BCUT2D eigenvalue weighted by molar-refractivity contribution is 14.1. The number of halogens is 28. The van der Waals surface area contributed by atoms with Gasteiger partial charge in [-0.1, -0.05) is 95.2 Å². The Morgan fingerprint density at radius 1 is 0.327 bits per heavy atom. The Hall–Kier alpha value is -6.64. The van der Waals surface area contributed by atoms with Gasteiger partial charge in [-0.25, -0.2) is 17.6 Å². The van der Waals surface area contributed by atoms with Crippen molar-refractivity contribution in [2.75, 3.05) is 13.2 Å². The van der Waals surface area contributed by atoms with Crippen molar-refractivity contribution in [2.24, 2.45) is 0 Å². The molecule has 552 valence electrons. The van der Waals surface area contributed by atoms with Crippen LogP contribution in [0.25, 0.3) is 0 Å². The zero-order chi connectivity index (χ0) is 76.2. The van der Waals surface area contributed by atoms with Gasteiger partial charge in [-0.05, 0) is 195 Å². The van der Waals surface area contributed by atoms with Gasteiger partial charge >= 0.3 is 50.0 Å². The van der Waals surface area contributed by atoms with Gasteiger partial charge < -0.3 is 18.9 Å². The number of hydrogen-bond donors (Lipinski definition) is 0. The smallest absolute Gasteiger partial charge is 0.488 e. The number of benzene rings is 6. The fourth-order valence-corrected chi connectivity index (χ4v) is 8.19. The maximum Gasteiger partial charge on any atom is 0.573 e. The summed E-state index contributed by atoms with van der Waals surface area (Å²) in [5.41, 5.74) is -2.27. The van der Waals surface area contributed by atoms with Gasteiger partial charge in [-0.15, -0.1) is 13.2 Å². The maximum atomic E-state index is 12.6. The lowest BCUT2D eigenvalue weighted by Crippen LogP contribution is -2.19. The van der Waals surface area contributed by atoms with Crippen LogP contribution in [0.3, 0.4) is 0 Å². The average Bonchev–Trinajstić information content (AvgIpc) is 0.853. The summed E-state index contributed by atoms with van der Waals surface area (Å²) in [6, 6.07) is 21.1. The normalized spacial score (nSPS) is 12.4. The Bertz CT molecular complexity index is 3330. The van der Waals surface area contributed by atoms with Crippen molar-refractivity contribution in [1.82, 2.24) is 0 Å². The SMILES string of the molecule is CC(C)c1cc(C(F)F)cc(C(F)(F)F)c1.CC(C)c1cc(I)cc(C(F)(F)F)c1.CC(C)c1cc(OC(F)F)cc(C(F)(F)F)c1.CC(C)c1cc(OCC(F)(F)F)cc(C(F)(F)F)c1.CC(C)c1cc(OCC(F)F)cc(C(F)(F)F)c1.CC(C)c1cccc(OC(F)(F)F)c1. The molecule has 98 heavy (non-hydrogen) atoms. The Kier molecular flexibility index (Phi) is 34.4. The molecular weight excluding hydrogens is 1500 g/mol. The van der Waals surface area contributed by atoms with Gasteiger partial charge in [0.05, 0.1) is 27.8 Å². The minimum Gasteiger partial charge on any atom is -0.488 e. The monoisotopic (exact) mass is 1560 g/mol. The summed E-state index contributed by atoms with van der Waals surface area (Å²) in [6.45, 7) is 15.3. The molecule has 0 amide bonds. The van der Waals surface area contributed by atoms with Crippen molar-refractivity contribution in [3.8, 4) is 23.0 Å². The number of rotatable bonds is 15. The molecule has 6 aromatic carbocycles. The summed E-state index contributed by atoms with van der Waals surface area (Å²) in [5.74, 6) is -1.79. The molecule has 0 aliphatic heterocycles. The molecule has 4 nitrogen and oxygen atoms in total. The minimum absolute atomic E-state index is 0.116. The van der Waals surface area contributed by atoms with Crippen LogP contribution < -0.4 is 18.9 Å². The van der Waals surface area contributed by atoms with Crippen LogP contribution in [-0.2, 0) is 30.9 Å². The fraction of sp³-hybridized carbons (Fsp3) is 0.455. The first-order valence-electron chi connectivity index (χ1n) is 28.7. The van der Waals surface area contributed by atoms with Crippen molar-refractivity contribution in [3.63, 3.8) is 0 Å². The average molecular weight is 1570 g/mol. The van der Waals surface area contributed by atoms with Crippen molar-refractivity contribution >= 4 is 22.6 Å². The molecule has 0 aliphatic carbocycles. The molecule has 0 fully saturated rings. The van der Waals surface area contributed by atoms with E-state index in [2.05, 4.69) is 18.9 Å². The van der Waals surface area contributed by atoms with E-state index in [1.807, 2.05) is 50.3 Å². The predicted molar refractivity (Wildman–Crippen MR) is 322 cm³/mol. The van der Waals surface area contributed by atoms with E-state index >= 15 is 0 Å². The molecular formula is C66H68F27IO4. The molecule has 0 unspecified atom stereocenters. The second-order valence-corrected chi connectivity index (χ2v) is 24.1. The molecule has 0 saturated heterocycles. The summed E-state index contributed by atoms with van der Waals surface area (Å²) >= 11 is 1.90. The van der Waals surface area contributed by atoms with E-state index in [0.29, 0.717) is 32.9 Å². The number of alkyl halides is 27. The summed E-state index contributed by atoms with van der Waals surface area (Å²) < 4.78 is 349.